The van der Waals surface area contributed by atoms with Crippen LogP contribution in [0.5, 0.6) is 0 Å². The zero-order chi connectivity index (χ0) is 25.3. The molecule has 3 heteroatoms. The highest BCUT2D eigenvalue weighted by Crippen LogP contribution is 2.39. The van der Waals surface area contributed by atoms with Crippen LogP contribution in [0.4, 0.5) is 5.69 Å². The van der Waals surface area contributed by atoms with E-state index in [1.54, 1.807) is 39.3 Å². The molecule has 0 aliphatic carbocycles. The van der Waals surface area contributed by atoms with Crippen LogP contribution >= 0.6 is 0 Å². The lowest BCUT2D eigenvalue weighted by Gasteiger charge is -2.18. The fraction of sp³-hybridized carbons (Fsp3) is 0.333. The number of benzene rings is 2. The molecule has 0 unspecified atom stereocenters. The zero-order valence-corrected chi connectivity index (χ0v) is 18.6. The van der Waals surface area contributed by atoms with Crippen molar-refractivity contribution in [3.8, 4) is 11.3 Å². The Morgan fingerprint density at radius 3 is 2.50 bits per heavy atom. The van der Waals surface area contributed by atoms with Crippen LogP contribution in [-0.4, -0.2) is 0 Å². The van der Waals surface area contributed by atoms with Crippen molar-refractivity contribution >= 4 is 27.6 Å². The van der Waals surface area contributed by atoms with Gasteiger partial charge in [0.2, 0.25) is 5.69 Å². The van der Waals surface area contributed by atoms with Crippen molar-refractivity contribution in [2.24, 2.45) is 12.5 Å². The average Bonchev–Trinajstić information content (AvgIpc) is 3.09. The molecule has 0 radical (unpaired) electrons. The van der Waals surface area contributed by atoms with Crippen molar-refractivity contribution in [1.82, 2.24) is 0 Å². The van der Waals surface area contributed by atoms with Crippen molar-refractivity contribution < 1.29 is 14.5 Å². The van der Waals surface area contributed by atoms with Crippen LogP contribution in [0.25, 0.3) is 38.0 Å². The van der Waals surface area contributed by atoms with Crippen LogP contribution in [-0.2, 0) is 13.4 Å². The molecule has 0 saturated carbocycles. The van der Waals surface area contributed by atoms with Crippen LogP contribution in [0.1, 0.15) is 48.6 Å². The minimum absolute atomic E-state index is 0.00731. The van der Waals surface area contributed by atoms with Gasteiger partial charge in [0.25, 0.3) is 0 Å². The minimum Gasteiger partial charge on any atom is -0.455 e. The lowest BCUT2D eigenvalue weighted by atomic mass is 9.87. The smallest absolute Gasteiger partial charge is 0.216 e. The standard InChI is InChI=1S/C27H29N2O/c1-16-9-10-20-21-14-22(28-7)17(2)11-24(21)30-26(20)25(16)23-13-19(15-27(4,5)6)12-18(3)29(23)8/h9-14H,15H2,1-6,8H3/q+1/i12D,13D,15D2. The van der Waals surface area contributed by atoms with Crippen LogP contribution < -0.4 is 4.57 Å². The van der Waals surface area contributed by atoms with Gasteiger partial charge in [-0.05, 0) is 54.5 Å². The Kier molecular flexibility index (Phi) is 3.65. The van der Waals surface area contributed by atoms with Gasteiger partial charge in [0.1, 0.15) is 18.2 Å². The first-order valence-electron chi connectivity index (χ1n) is 12.1. The van der Waals surface area contributed by atoms with E-state index in [0.717, 1.165) is 21.9 Å². The Bertz CT molecular complexity index is 1540. The molecule has 2 aromatic carbocycles. The van der Waals surface area contributed by atoms with Gasteiger partial charge in [0.15, 0.2) is 11.4 Å². The monoisotopic (exact) mass is 401 g/mol. The first-order chi connectivity index (χ1) is 15.7. The topological polar surface area (TPSA) is 21.4 Å². The molecule has 0 saturated heterocycles. The van der Waals surface area contributed by atoms with E-state index in [1.807, 2.05) is 38.1 Å². The summed E-state index contributed by atoms with van der Waals surface area (Å²) in [6.45, 7) is 18.5. The fourth-order valence-electron chi connectivity index (χ4n) is 3.82. The lowest BCUT2D eigenvalue weighted by Crippen LogP contribution is -2.35. The Labute approximate surface area is 184 Å². The van der Waals surface area contributed by atoms with E-state index in [0.29, 0.717) is 33.8 Å². The molecule has 0 N–H and O–H groups in total. The number of aromatic nitrogens is 1. The van der Waals surface area contributed by atoms with E-state index >= 15 is 0 Å². The van der Waals surface area contributed by atoms with E-state index in [1.165, 1.54) is 0 Å². The van der Waals surface area contributed by atoms with Gasteiger partial charge < -0.3 is 4.42 Å². The number of fused-ring (bicyclic) bond motifs is 3. The maximum Gasteiger partial charge on any atom is 0.216 e. The molecule has 0 aliphatic heterocycles. The van der Waals surface area contributed by atoms with Gasteiger partial charge in [-0.2, -0.15) is 4.57 Å². The predicted octanol–water partition coefficient (Wildman–Crippen LogP) is 7.14. The highest BCUT2D eigenvalue weighted by molar-refractivity contribution is 6.10. The van der Waals surface area contributed by atoms with E-state index in [9.17, 15) is 0 Å². The number of hydrogen-bond acceptors (Lipinski definition) is 1. The van der Waals surface area contributed by atoms with Gasteiger partial charge in [-0.1, -0.05) is 32.9 Å². The normalized spacial score (nSPS) is 14.3. The average molecular weight is 402 g/mol. The van der Waals surface area contributed by atoms with E-state index in [2.05, 4.69) is 4.85 Å². The second-order valence-electron chi connectivity index (χ2n) is 8.98. The molecule has 0 aliphatic rings. The van der Waals surface area contributed by atoms with Gasteiger partial charge in [0.05, 0.1) is 14.9 Å². The summed E-state index contributed by atoms with van der Waals surface area (Å²) in [5, 5.41) is 1.67. The third kappa shape index (κ3) is 3.37. The van der Waals surface area contributed by atoms with Crippen molar-refractivity contribution in [2.75, 3.05) is 0 Å². The van der Waals surface area contributed by atoms with Crippen molar-refractivity contribution in [2.45, 2.75) is 47.9 Å². The Hall–Kier alpha value is -3.12. The summed E-state index contributed by atoms with van der Waals surface area (Å²) in [5.41, 5.74) is 4.63. The quantitative estimate of drug-likeness (QED) is 0.258. The highest BCUT2D eigenvalue weighted by atomic mass is 16.3. The van der Waals surface area contributed by atoms with Crippen LogP contribution in [0.15, 0.2) is 40.8 Å². The van der Waals surface area contributed by atoms with Gasteiger partial charge in [-0.3, -0.25) is 0 Å². The molecular weight excluding hydrogens is 368 g/mol. The van der Waals surface area contributed by atoms with E-state index in [4.69, 9.17) is 16.5 Å². The Morgan fingerprint density at radius 2 is 1.83 bits per heavy atom. The Balaban J connectivity index is 2.18. The van der Waals surface area contributed by atoms with E-state index < -0.39 is 11.8 Å². The summed E-state index contributed by atoms with van der Waals surface area (Å²) in [6, 6.07) is 7.67. The van der Waals surface area contributed by atoms with Crippen molar-refractivity contribution in [1.29, 1.82) is 0 Å². The zero-order valence-electron chi connectivity index (χ0n) is 22.6. The molecule has 30 heavy (non-hydrogen) atoms. The lowest BCUT2D eigenvalue weighted by molar-refractivity contribution is -0.666. The number of hydrogen-bond donors (Lipinski definition) is 0. The first kappa shape index (κ1) is 15.7. The van der Waals surface area contributed by atoms with Gasteiger partial charge in [0, 0.05) is 32.5 Å². The van der Waals surface area contributed by atoms with Crippen LogP contribution in [0, 0.1) is 32.8 Å². The molecule has 3 nitrogen and oxygen atoms in total. The number of nitrogens with zero attached hydrogens (tertiary/aromatic N) is 2. The largest absolute Gasteiger partial charge is 0.455 e. The highest BCUT2D eigenvalue weighted by Gasteiger charge is 2.24. The molecule has 4 aromatic rings. The van der Waals surface area contributed by atoms with Crippen molar-refractivity contribution in [3.63, 3.8) is 0 Å². The molecule has 0 fully saturated rings. The molecular formula is C27H29N2O+. The number of pyridine rings is 1. The third-order valence-corrected chi connectivity index (χ3v) is 5.41. The molecule has 4 rings (SSSR count). The molecule has 0 bridgehead atoms. The summed E-state index contributed by atoms with van der Waals surface area (Å²) >= 11 is 0. The molecule has 152 valence electrons. The predicted molar refractivity (Wildman–Crippen MR) is 124 cm³/mol. The molecule has 0 spiro atoms. The van der Waals surface area contributed by atoms with Gasteiger partial charge in [-0.15, -0.1) is 0 Å². The second-order valence-corrected chi connectivity index (χ2v) is 8.98. The summed E-state index contributed by atoms with van der Waals surface area (Å²) in [7, 11) is 1.80. The summed E-state index contributed by atoms with van der Waals surface area (Å²) in [6.07, 6.45) is -1.90. The number of aryl methyl sites for hydroxylation is 2. The molecule has 0 amide bonds. The summed E-state index contributed by atoms with van der Waals surface area (Å²) in [4.78, 5) is 3.63. The molecule has 0 atom stereocenters. The maximum atomic E-state index is 9.14. The maximum absolute atomic E-state index is 9.14. The van der Waals surface area contributed by atoms with Crippen LogP contribution in [0.3, 0.4) is 0 Å². The third-order valence-electron chi connectivity index (χ3n) is 5.41. The number of rotatable bonds is 2. The van der Waals surface area contributed by atoms with Gasteiger partial charge in [-0.25, -0.2) is 4.85 Å². The minimum atomic E-state index is -1.90. The fourth-order valence-corrected chi connectivity index (χ4v) is 3.82. The second kappa shape index (κ2) is 6.99. The Morgan fingerprint density at radius 1 is 1.10 bits per heavy atom. The molecule has 2 aromatic heterocycles. The molecule has 2 heterocycles. The van der Waals surface area contributed by atoms with Crippen LogP contribution in [0.2, 0.25) is 0 Å². The summed E-state index contributed by atoms with van der Waals surface area (Å²) in [5.74, 6) is 0. The number of furan rings is 1. The first-order valence-corrected chi connectivity index (χ1v) is 10.1. The SMILES string of the molecule is [2H]c1c(C([2H])([2H])C(C)(C)C)c([2H])c(-c2c(C)ccc3c2oc2cc(C)c([N+]#[C-])cc23)[n+](C)c1C. The van der Waals surface area contributed by atoms with E-state index in [-0.39, 0.29) is 17.6 Å². The van der Waals surface area contributed by atoms with Crippen molar-refractivity contribution in [3.05, 3.63) is 70.2 Å². The summed E-state index contributed by atoms with van der Waals surface area (Å²) < 4.78 is 43.7. The van der Waals surface area contributed by atoms with Gasteiger partial charge >= 0.3 is 0 Å².